The van der Waals surface area contributed by atoms with Gasteiger partial charge in [-0.3, -0.25) is 4.79 Å². The van der Waals surface area contributed by atoms with Gasteiger partial charge in [0.1, 0.15) is 5.82 Å². The number of carbonyl (C=O) groups excluding carboxylic acids is 1. The van der Waals surface area contributed by atoms with Gasteiger partial charge in [0.25, 0.3) is 0 Å². The fraction of sp³-hybridized carbons (Fsp3) is 0.500. The van der Waals surface area contributed by atoms with Crippen LogP contribution >= 0.6 is 11.8 Å². The van der Waals surface area contributed by atoms with E-state index < -0.39 is 0 Å². The standard InChI is InChI=1S/C20H28N6OS/c1-3-16-6-4-5-11-26(16)18(27)13-28-12-17-23-19(21)25-20(24-17)22-15-9-7-14(2)8-10-15/h7-10,16H,3-6,11-13H2,1-2H3,(H3,21,22,23,24,25)/t16-/m1/s1. The van der Waals surface area contributed by atoms with Crippen molar-refractivity contribution in [2.45, 2.75) is 51.3 Å². The molecule has 1 atom stereocenters. The van der Waals surface area contributed by atoms with E-state index >= 15 is 0 Å². The van der Waals surface area contributed by atoms with Gasteiger partial charge in [0.05, 0.1) is 11.5 Å². The number of rotatable bonds is 7. The third-order valence-electron chi connectivity index (χ3n) is 4.88. The molecule has 1 saturated heterocycles. The highest BCUT2D eigenvalue weighted by atomic mass is 32.2. The van der Waals surface area contributed by atoms with Gasteiger partial charge in [-0.1, -0.05) is 24.6 Å². The van der Waals surface area contributed by atoms with Gasteiger partial charge < -0.3 is 16.0 Å². The van der Waals surface area contributed by atoms with Crippen molar-refractivity contribution in [2.75, 3.05) is 23.3 Å². The first-order valence-electron chi connectivity index (χ1n) is 9.76. The number of thioether (sulfide) groups is 1. The number of anilines is 3. The molecule has 1 aliphatic rings. The number of benzene rings is 1. The van der Waals surface area contributed by atoms with Crippen LogP contribution < -0.4 is 11.1 Å². The number of piperidine rings is 1. The molecule has 7 nitrogen and oxygen atoms in total. The Morgan fingerprint density at radius 1 is 1.25 bits per heavy atom. The normalized spacial score (nSPS) is 16.8. The smallest absolute Gasteiger partial charge is 0.232 e. The van der Waals surface area contributed by atoms with Crippen LogP contribution in [0.15, 0.2) is 24.3 Å². The van der Waals surface area contributed by atoms with E-state index in [1.807, 2.05) is 36.1 Å². The molecule has 28 heavy (non-hydrogen) atoms. The van der Waals surface area contributed by atoms with Crippen LogP contribution in [-0.4, -0.2) is 44.1 Å². The highest BCUT2D eigenvalue weighted by Crippen LogP contribution is 2.21. The Bertz CT molecular complexity index is 798. The Kier molecular flexibility index (Phi) is 7.08. The lowest BCUT2D eigenvalue weighted by Gasteiger charge is -2.35. The maximum absolute atomic E-state index is 12.6. The minimum atomic E-state index is 0.175. The van der Waals surface area contributed by atoms with Crippen LogP contribution in [0.1, 0.15) is 44.0 Å². The van der Waals surface area contributed by atoms with Crippen molar-refractivity contribution in [3.05, 3.63) is 35.7 Å². The van der Waals surface area contributed by atoms with Crippen LogP contribution in [0.4, 0.5) is 17.6 Å². The minimum absolute atomic E-state index is 0.175. The SMILES string of the molecule is CC[C@@H]1CCCCN1C(=O)CSCc1nc(N)nc(Nc2ccc(C)cc2)n1. The van der Waals surface area contributed by atoms with Gasteiger partial charge in [-0.05, 0) is 44.7 Å². The van der Waals surface area contributed by atoms with Gasteiger partial charge in [0.2, 0.25) is 17.8 Å². The lowest BCUT2D eigenvalue weighted by molar-refractivity contribution is -0.132. The Labute approximate surface area is 170 Å². The lowest BCUT2D eigenvalue weighted by Crippen LogP contribution is -2.44. The van der Waals surface area contributed by atoms with Crippen molar-refractivity contribution < 1.29 is 4.79 Å². The molecule has 1 aromatic carbocycles. The molecule has 0 spiro atoms. The molecule has 3 N–H and O–H groups in total. The first kappa shape index (κ1) is 20.4. The summed E-state index contributed by atoms with van der Waals surface area (Å²) in [4.78, 5) is 27.4. The van der Waals surface area contributed by atoms with Crippen molar-refractivity contribution in [1.82, 2.24) is 19.9 Å². The summed E-state index contributed by atoms with van der Waals surface area (Å²) in [6, 6.07) is 8.34. The summed E-state index contributed by atoms with van der Waals surface area (Å²) in [7, 11) is 0. The Morgan fingerprint density at radius 2 is 2.04 bits per heavy atom. The molecular formula is C20H28N6OS. The van der Waals surface area contributed by atoms with Crippen LogP contribution in [0.3, 0.4) is 0 Å². The third kappa shape index (κ3) is 5.58. The number of nitrogens with two attached hydrogens (primary N) is 1. The van der Waals surface area contributed by atoms with Crippen LogP contribution in [0, 0.1) is 6.92 Å². The molecule has 0 saturated carbocycles. The van der Waals surface area contributed by atoms with E-state index in [9.17, 15) is 4.79 Å². The zero-order valence-electron chi connectivity index (χ0n) is 16.5. The van der Waals surface area contributed by atoms with E-state index in [2.05, 4.69) is 27.2 Å². The Balaban J connectivity index is 1.56. The molecule has 150 valence electrons. The van der Waals surface area contributed by atoms with E-state index in [1.165, 1.54) is 23.7 Å². The quantitative estimate of drug-likeness (QED) is 0.734. The van der Waals surface area contributed by atoms with Gasteiger partial charge in [-0.2, -0.15) is 15.0 Å². The number of nitrogens with zero attached hydrogens (tertiary/aromatic N) is 4. The molecule has 1 amide bonds. The second-order valence-corrected chi connectivity index (χ2v) is 8.05. The van der Waals surface area contributed by atoms with Crippen LogP contribution in [-0.2, 0) is 10.5 Å². The van der Waals surface area contributed by atoms with E-state index in [0.717, 1.165) is 31.5 Å². The first-order valence-corrected chi connectivity index (χ1v) is 10.9. The average Bonchev–Trinajstić information content (AvgIpc) is 2.69. The summed E-state index contributed by atoms with van der Waals surface area (Å²) in [5.74, 6) is 2.32. The zero-order chi connectivity index (χ0) is 19.9. The maximum atomic E-state index is 12.6. The molecule has 2 aromatic rings. The van der Waals surface area contributed by atoms with Crippen molar-refractivity contribution in [2.24, 2.45) is 0 Å². The number of carbonyl (C=O) groups is 1. The fourth-order valence-electron chi connectivity index (χ4n) is 3.39. The maximum Gasteiger partial charge on any atom is 0.232 e. The lowest BCUT2D eigenvalue weighted by atomic mass is 10.0. The van der Waals surface area contributed by atoms with Crippen molar-refractivity contribution in [3.8, 4) is 0 Å². The van der Waals surface area contributed by atoms with Crippen molar-refractivity contribution in [3.63, 3.8) is 0 Å². The molecule has 1 aromatic heterocycles. The van der Waals surface area contributed by atoms with Crippen LogP contribution in [0.2, 0.25) is 0 Å². The molecular weight excluding hydrogens is 372 g/mol. The number of nitrogen functional groups attached to an aromatic ring is 1. The molecule has 1 fully saturated rings. The van der Waals surface area contributed by atoms with Crippen LogP contribution in [0.25, 0.3) is 0 Å². The number of amides is 1. The fourth-order valence-corrected chi connectivity index (χ4v) is 4.14. The van der Waals surface area contributed by atoms with Crippen molar-refractivity contribution in [1.29, 1.82) is 0 Å². The molecule has 0 bridgehead atoms. The monoisotopic (exact) mass is 400 g/mol. The summed E-state index contributed by atoms with van der Waals surface area (Å²) >= 11 is 1.52. The van der Waals surface area contributed by atoms with E-state index in [0.29, 0.717) is 29.3 Å². The highest BCUT2D eigenvalue weighted by Gasteiger charge is 2.24. The summed E-state index contributed by atoms with van der Waals surface area (Å²) in [5.41, 5.74) is 7.91. The van der Waals surface area contributed by atoms with E-state index in [4.69, 9.17) is 5.73 Å². The van der Waals surface area contributed by atoms with Gasteiger partial charge >= 0.3 is 0 Å². The van der Waals surface area contributed by atoms with E-state index in [-0.39, 0.29) is 11.9 Å². The largest absolute Gasteiger partial charge is 0.368 e. The molecule has 0 aliphatic carbocycles. The first-order chi connectivity index (χ1) is 13.5. The number of hydrogen-bond acceptors (Lipinski definition) is 7. The summed E-state index contributed by atoms with van der Waals surface area (Å²) in [5, 5.41) is 3.15. The number of nitrogens with one attached hydrogen (secondary N) is 1. The van der Waals surface area contributed by atoms with E-state index in [1.54, 1.807) is 0 Å². The van der Waals surface area contributed by atoms with Crippen molar-refractivity contribution >= 4 is 35.3 Å². The van der Waals surface area contributed by atoms with Gasteiger partial charge in [-0.15, -0.1) is 11.8 Å². The molecule has 0 unspecified atom stereocenters. The Morgan fingerprint density at radius 3 is 2.79 bits per heavy atom. The summed E-state index contributed by atoms with van der Waals surface area (Å²) < 4.78 is 0. The number of hydrogen-bond donors (Lipinski definition) is 2. The van der Waals surface area contributed by atoms with Gasteiger partial charge in [0.15, 0.2) is 0 Å². The molecule has 3 rings (SSSR count). The average molecular weight is 401 g/mol. The molecule has 0 radical (unpaired) electrons. The second-order valence-electron chi connectivity index (χ2n) is 7.06. The number of aromatic nitrogens is 3. The predicted molar refractivity (Wildman–Crippen MR) is 115 cm³/mol. The second kappa shape index (κ2) is 9.73. The summed E-state index contributed by atoms with van der Waals surface area (Å²) in [6.45, 7) is 5.06. The Hall–Kier alpha value is -2.35. The highest BCUT2D eigenvalue weighted by molar-refractivity contribution is 7.99. The van der Waals surface area contributed by atoms with Gasteiger partial charge in [0, 0.05) is 18.3 Å². The summed E-state index contributed by atoms with van der Waals surface area (Å²) in [6.07, 6.45) is 4.46. The molecule has 1 aliphatic heterocycles. The zero-order valence-corrected chi connectivity index (χ0v) is 17.3. The van der Waals surface area contributed by atoms with Gasteiger partial charge in [-0.25, -0.2) is 0 Å². The number of aryl methyl sites for hydroxylation is 1. The molecule has 8 heteroatoms. The third-order valence-corrected chi connectivity index (χ3v) is 5.80. The molecule has 2 heterocycles. The minimum Gasteiger partial charge on any atom is -0.368 e. The topological polar surface area (TPSA) is 97.0 Å². The predicted octanol–water partition coefficient (Wildman–Crippen LogP) is 3.53. The number of likely N-dealkylation sites (tertiary alicyclic amines) is 1. The van der Waals surface area contributed by atoms with Crippen LogP contribution in [0.5, 0.6) is 0 Å².